The Morgan fingerprint density at radius 2 is 2.06 bits per heavy atom. The number of hydrogen-bond acceptors (Lipinski definition) is 3. The smallest absolute Gasteiger partial charge is 0.211 e. The Hall–Kier alpha value is -0.130. The monoisotopic (exact) mass is 248 g/mol. The van der Waals surface area contributed by atoms with E-state index in [1.165, 1.54) is 0 Å². The van der Waals surface area contributed by atoms with Gasteiger partial charge in [-0.25, -0.2) is 13.1 Å². The summed E-state index contributed by atoms with van der Waals surface area (Å²) in [5, 5.41) is 0. The minimum Gasteiger partial charge on any atom is -0.328 e. The summed E-state index contributed by atoms with van der Waals surface area (Å²) in [6.45, 7) is 4.38. The molecule has 1 aliphatic carbocycles. The Morgan fingerprint density at radius 1 is 1.38 bits per heavy atom. The topological polar surface area (TPSA) is 72.2 Å². The lowest BCUT2D eigenvalue weighted by molar-refractivity contribution is 0.322. The fourth-order valence-electron chi connectivity index (χ4n) is 2.26. The zero-order chi connectivity index (χ0) is 12.2. The lowest BCUT2D eigenvalue weighted by atomic mass is 9.86. The third-order valence-corrected chi connectivity index (χ3v) is 4.68. The number of hydrogen-bond donors (Lipinski definition) is 2. The molecule has 0 bridgehead atoms. The summed E-state index contributed by atoms with van der Waals surface area (Å²) in [5.74, 6) is 0.808. The second kappa shape index (κ2) is 5.98. The molecule has 0 aromatic carbocycles. The molecule has 4 nitrogen and oxygen atoms in total. The Kier molecular flexibility index (Phi) is 5.21. The van der Waals surface area contributed by atoms with Gasteiger partial charge in [0, 0.05) is 12.6 Å². The maximum Gasteiger partial charge on any atom is 0.211 e. The van der Waals surface area contributed by atoms with E-state index in [1.54, 1.807) is 0 Å². The van der Waals surface area contributed by atoms with Crippen LogP contribution in [0, 0.1) is 11.8 Å². The summed E-state index contributed by atoms with van der Waals surface area (Å²) >= 11 is 0. The highest BCUT2D eigenvalue weighted by Gasteiger charge is 2.21. The van der Waals surface area contributed by atoms with E-state index in [0.29, 0.717) is 12.5 Å². The van der Waals surface area contributed by atoms with Gasteiger partial charge < -0.3 is 5.73 Å². The number of sulfonamides is 1. The van der Waals surface area contributed by atoms with Gasteiger partial charge in [0.1, 0.15) is 0 Å². The van der Waals surface area contributed by atoms with Gasteiger partial charge in [0.05, 0.1) is 5.75 Å². The summed E-state index contributed by atoms with van der Waals surface area (Å²) in [6.07, 6.45) is 4.25. The molecule has 1 rings (SSSR count). The van der Waals surface area contributed by atoms with Crippen LogP contribution in [-0.2, 0) is 10.0 Å². The fourth-order valence-corrected chi connectivity index (χ4v) is 3.75. The van der Waals surface area contributed by atoms with Gasteiger partial charge in [-0.05, 0) is 31.1 Å². The zero-order valence-electron chi connectivity index (χ0n) is 10.3. The molecule has 1 saturated carbocycles. The first-order valence-electron chi connectivity index (χ1n) is 6.12. The van der Waals surface area contributed by atoms with Crippen LogP contribution in [0.5, 0.6) is 0 Å². The molecule has 16 heavy (non-hydrogen) atoms. The molecule has 0 saturated heterocycles. The van der Waals surface area contributed by atoms with E-state index >= 15 is 0 Å². The van der Waals surface area contributed by atoms with Crippen molar-refractivity contribution in [3.05, 3.63) is 0 Å². The van der Waals surface area contributed by atoms with Gasteiger partial charge >= 0.3 is 0 Å². The van der Waals surface area contributed by atoms with Crippen LogP contribution in [-0.4, -0.2) is 26.8 Å². The van der Waals surface area contributed by atoms with Crippen LogP contribution in [0.15, 0.2) is 0 Å². The van der Waals surface area contributed by atoms with E-state index in [-0.39, 0.29) is 17.7 Å². The largest absolute Gasteiger partial charge is 0.328 e. The second-order valence-corrected chi connectivity index (χ2v) is 7.17. The van der Waals surface area contributed by atoms with Crippen LogP contribution in [0.3, 0.4) is 0 Å². The van der Waals surface area contributed by atoms with Gasteiger partial charge in [0.15, 0.2) is 0 Å². The lowest BCUT2D eigenvalue weighted by Gasteiger charge is -2.26. The van der Waals surface area contributed by atoms with E-state index in [9.17, 15) is 8.42 Å². The van der Waals surface area contributed by atoms with E-state index in [2.05, 4.69) is 4.72 Å². The highest BCUT2D eigenvalue weighted by Crippen LogP contribution is 2.22. The average molecular weight is 248 g/mol. The first-order valence-corrected chi connectivity index (χ1v) is 7.77. The van der Waals surface area contributed by atoms with Crippen molar-refractivity contribution in [2.24, 2.45) is 17.6 Å². The van der Waals surface area contributed by atoms with Crippen molar-refractivity contribution in [1.82, 2.24) is 4.72 Å². The van der Waals surface area contributed by atoms with Gasteiger partial charge in [0.25, 0.3) is 0 Å². The molecule has 0 aromatic heterocycles. The van der Waals surface area contributed by atoms with Crippen molar-refractivity contribution in [2.75, 3.05) is 12.3 Å². The van der Waals surface area contributed by atoms with Crippen molar-refractivity contribution in [3.8, 4) is 0 Å². The molecule has 2 atom stereocenters. The first kappa shape index (κ1) is 13.9. The minimum atomic E-state index is -3.09. The second-order valence-electron chi connectivity index (χ2n) is 5.32. The molecule has 2 unspecified atom stereocenters. The summed E-state index contributed by atoms with van der Waals surface area (Å²) < 4.78 is 25.9. The zero-order valence-corrected chi connectivity index (χ0v) is 11.1. The summed E-state index contributed by atoms with van der Waals surface area (Å²) in [7, 11) is -3.09. The molecule has 0 spiro atoms. The standard InChI is InChI=1S/C11H24N2O2S/c1-9(2)8-16(14,15)13-7-10-4-3-5-11(12)6-10/h9-11,13H,3-8,12H2,1-2H3. The van der Waals surface area contributed by atoms with Gasteiger partial charge in [0.2, 0.25) is 10.0 Å². The average Bonchev–Trinajstić information content (AvgIpc) is 2.13. The van der Waals surface area contributed by atoms with Gasteiger partial charge in [-0.2, -0.15) is 0 Å². The molecular formula is C11H24N2O2S. The van der Waals surface area contributed by atoms with Crippen LogP contribution in [0.2, 0.25) is 0 Å². The van der Waals surface area contributed by atoms with E-state index in [1.807, 2.05) is 13.8 Å². The Morgan fingerprint density at radius 3 is 2.62 bits per heavy atom. The quantitative estimate of drug-likeness (QED) is 0.764. The van der Waals surface area contributed by atoms with Crippen LogP contribution in [0.25, 0.3) is 0 Å². The van der Waals surface area contributed by atoms with Crippen molar-refractivity contribution in [1.29, 1.82) is 0 Å². The van der Waals surface area contributed by atoms with Crippen LogP contribution < -0.4 is 10.5 Å². The summed E-state index contributed by atoms with van der Waals surface area (Å²) in [4.78, 5) is 0. The third-order valence-electron chi connectivity index (χ3n) is 2.97. The summed E-state index contributed by atoms with van der Waals surface area (Å²) in [5.41, 5.74) is 5.87. The van der Waals surface area contributed by atoms with Crippen molar-refractivity contribution < 1.29 is 8.42 Å². The summed E-state index contributed by atoms with van der Waals surface area (Å²) in [6, 6.07) is 0.258. The van der Waals surface area contributed by atoms with E-state index < -0.39 is 10.0 Å². The molecule has 0 aromatic rings. The Bertz CT molecular complexity index is 301. The number of nitrogens with one attached hydrogen (secondary N) is 1. The predicted octanol–water partition coefficient (Wildman–Crippen LogP) is 1.08. The maximum atomic E-state index is 11.6. The molecule has 96 valence electrons. The van der Waals surface area contributed by atoms with Gasteiger partial charge in [-0.3, -0.25) is 0 Å². The predicted molar refractivity (Wildman–Crippen MR) is 66.6 cm³/mol. The number of rotatable bonds is 5. The highest BCUT2D eigenvalue weighted by atomic mass is 32.2. The molecule has 1 aliphatic rings. The van der Waals surface area contributed by atoms with E-state index in [0.717, 1.165) is 25.7 Å². The fraction of sp³-hybridized carbons (Fsp3) is 1.00. The molecule has 3 N–H and O–H groups in total. The van der Waals surface area contributed by atoms with Crippen molar-refractivity contribution >= 4 is 10.0 Å². The lowest BCUT2D eigenvalue weighted by Crippen LogP contribution is -2.37. The van der Waals surface area contributed by atoms with Crippen LogP contribution in [0.1, 0.15) is 39.5 Å². The van der Waals surface area contributed by atoms with Gasteiger partial charge in [-0.15, -0.1) is 0 Å². The highest BCUT2D eigenvalue weighted by molar-refractivity contribution is 7.89. The van der Waals surface area contributed by atoms with Crippen molar-refractivity contribution in [2.45, 2.75) is 45.6 Å². The minimum absolute atomic E-state index is 0.172. The Balaban J connectivity index is 2.33. The molecule has 0 heterocycles. The van der Waals surface area contributed by atoms with Crippen LogP contribution >= 0.6 is 0 Å². The molecule has 0 radical (unpaired) electrons. The normalized spacial score (nSPS) is 27.2. The first-order chi connectivity index (χ1) is 7.39. The molecule has 0 amide bonds. The molecule has 5 heteroatoms. The van der Waals surface area contributed by atoms with Crippen molar-refractivity contribution in [3.63, 3.8) is 0 Å². The van der Waals surface area contributed by atoms with Crippen LogP contribution in [0.4, 0.5) is 0 Å². The molecular weight excluding hydrogens is 224 g/mol. The Labute approximate surface area is 99.0 Å². The third kappa shape index (κ3) is 5.27. The maximum absolute atomic E-state index is 11.6. The molecule has 0 aliphatic heterocycles. The molecule has 1 fully saturated rings. The van der Waals surface area contributed by atoms with Gasteiger partial charge in [-0.1, -0.05) is 20.3 Å². The number of nitrogens with two attached hydrogens (primary N) is 1. The SMILES string of the molecule is CC(C)CS(=O)(=O)NCC1CCCC(N)C1. The van der Waals surface area contributed by atoms with E-state index in [4.69, 9.17) is 5.73 Å².